The van der Waals surface area contributed by atoms with Crippen molar-refractivity contribution in [1.29, 1.82) is 0 Å². The largest absolute Gasteiger partial charge is 0.468 e. The van der Waals surface area contributed by atoms with E-state index in [2.05, 4.69) is 10.3 Å². The smallest absolute Gasteiger partial charge is 0.320 e. The second kappa shape index (κ2) is 3.79. The molecule has 0 aromatic carbocycles. The van der Waals surface area contributed by atoms with Gasteiger partial charge >= 0.3 is 5.97 Å². The lowest BCUT2D eigenvalue weighted by molar-refractivity contribution is -0.150. The Morgan fingerprint density at radius 3 is 2.73 bits per heavy atom. The number of rotatable bonds is 2. The van der Waals surface area contributed by atoms with E-state index in [1.807, 2.05) is 0 Å². The van der Waals surface area contributed by atoms with Gasteiger partial charge in [0.2, 0.25) is 0 Å². The molecule has 15 heavy (non-hydrogen) atoms. The van der Waals surface area contributed by atoms with Crippen LogP contribution in [0.4, 0.5) is 0 Å². The van der Waals surface area contributed by atoms with Gasteiger partial charge in [-0.1, -0.05) is 11.6 Å². The average Bonchev–Trinajstić information content (AvgIpc) is 2.19. The van der Waals surface area contributed by atoms with Crippen molar-refractivity contribution in [2.24, 2.45) is 0 Å². The minimum absolute atomic E-state index is 0.254. The van der Waals surface area contributed by atoms with Gasteiger partial charge in [0.25, 0.3) is 0 Å². The van der Waals surface area contributed by atoms with Crippen molar-refractivity contribution in [2.75, 3.05) is 20.2 Å². The number of carbonyl (C=O) groups is 1. The number of carbonyl (C=O) groups excluding carboxylic acids is 1. The molecular weight excluding hydrogens is 216 g/mol. The fourth-order valence-electron chi connectivity index (χ4n) is 1.66. The van der Waals surface area contributed by atoms with Crippen LogP contribution in [-0.2, 0) is 14.9 Å². The molecule has 4 nitrogen and oxygen atoms in total. The molecule has 0 amide bonds. The summed E-state index contributed by atoms with van der Waals surface area (Å²) in [7, 11) is 1.39. The van der Waals surface area contributed by atoms with Gasteiger partial charge in [0.15, 0.2) is 0 Å². The molecule has 0 bridgehead atoms. The van der Waals surface area contributed by atoms with Crippen LogP contribution in [-0.4, -0.2) is 31.2 Å². The Hall–Kier alpha value is -1.13. The van der Waals surface area contributed by atoms with Crippen molar-refractivity contribution in [2.45, 2.75) is 5.41 Å². The third kappa shape index (κ3) is 1.60. The van der Waals surface area contributed by atoms with Crippen LogP contribution in [0.2, 0.25) is 5.02 Å². The Labute approximate surface area is 92.6 Å². The molecule has 1 fully saturated rings. The Balaban J connectivity index is 2.34. The number of nitrogens with one attached hydrogen (secondary N) is 1. The van der Waals surface area contributed by atoms with E-state index in [9.17, 15) is 4.79 Å². The highest BCUT2D eigenvalue weighted by Crippen LogP contribution is 2.28. The van der Waals surface area contributed by atoms with Crippen molar-refractivity contribution >= 4 is 17.6 Å². The predicted octanol–water partition coefficient (Wildman–Crippen LogP) is 0.749. The minimum Gasteiger partial charge on any atom is -0.468 e. The van der Waals surface area contributed by atoms with Crippen LogP contribution in [0.25, 0.3) is 0 Å². The van der Waals surface area contributed by atoms with Crippen molar-refractivity contribution in [3.63, 3.8) is 0 Å². The number of nitrogens with zero attached hydrogens (tertiary/aromatic N) is 1. The van der Waals surface area contributed by atoms with Crippen LogP contribution in [0, 0.1) is 0 Å². The number of hydrogen-bond acceptors (Lipinski definition) is 4. The van der Waals surface area contributed by atoms with Gasteiger partial charge in [0.05, 0.1) is 17.8 Å². The molecule has 0 unspecified atom stereocenters. The summed E-state index contributed by atoms with van der Waals surface area (Å²) in [4.78, 5) is 15.8. The van der Waals surface area contributed by atoms with Gasteiger partial charge in [-0.2, -0.15) is 0 Å². The predicted molar refractivity (Wildman–Crippen MR) is 55.8 cm³/mol. The molecule has 1 aromatic rings. The zero-order valence-electron chi connectivity index (χ0n) is 8.29. The zero-order chi connectivity index (χ0) is 10.9. The molecule has 1 aliphatic heterocycles. The van der Waals surface area contributed by atoms with Gasteiger partial charge < -0.3 is 10.1 Å². The van der Waals surface area contributed by atoms with Gasteiger partial charge in [0, 0.05) is 19.3 Å². The molecule has 2 rings (SSSR count). The number of pyridine rings is 1. The molecule has 1 N–H and O–H groups in total. The van der Waals surface area contributed by atoms with Gasteiger partial charge in [-0.15, -0.1) is 0 Å². The number of halogens is 1. The van der Waals surface area contributed by atoms with Crippen LogP contribution in [0.15, 0.2) is 18.3 Å². The molecule has 1 saturated heterocycles. The first-order valence-corrected chi connectivity index (χ1v) is 4.98. The number of aromatic nitrogens is 1. The summed E-state index contributed by atoms with van der Waals surface area (Å²) in [5.41, 5.74) is 0.0804. The Kier molecular flexibility index (Phi) is 2.63. The van der Waals surface area contributed by atoms with Gasteiger partial charge in [-0.05, 0) is 12.1 Å². The second-order valence-electron chi connectivity index (χ2n) is 3.54. The van der Waals surface area contributed by atoms with E-state index >= 15 is 0 Å². The lowest BCUT2D eigenvalue weighted by atomic mass is 9.78. The van der Waals surface area contributed by atoms with Crippen molar-refractivity contribution in [3.05, 3.63) is 29.0 Å². The highest BCUT2D eigenvalue weighted by Gasteiger charge is 2.48. The van der Waals surface area contributed by atoms with E-state index in [0.29, 0.717) is 23.8 Å². The molecule has 0 radical (unpaired) electrons. The number of methoxy groups -OCH3 is 1. The van der Waals surface area contributed by atoms with E-state index in [1.54, 1.807) is 18.3 Å². The highest BCUT2D eigenvalue weighted by molar-refractivity contribution is 6.30. The normalized spacial score (nSPS) is 18.0. The minimum atomic E-state index is -0.626. The second-order valence-corrected chi connectivity index (χ2v) is 3.98. The summed E-state index contributed by atoms with van der Waals surface area (Å²) in [6, 6.07) is 3.49. The van der Waals surface area contributed by atoms with E-state index in [0.717, 1.165) is 0 Å². The van der Waals surface area contributed by atoms with Gasteiger partial charge in [-0.25, -0.2) is 0 Å². The summed E-state index contributed by atoms with van der Waals surface area (Å²) >= 11 is 5.74. The quantitative estimate of drug-likeness (QED) is 0.757. The number of hydrogen-bond donors (Lipinski definition) is 1. The Bertz CT molecular complexity index is 374. The van der Waals surface area contributed by atoms with Crippen molar-refractivity contribution < 1.29 is 9.53 Å². The van der Waals surface area contributed by atoms with Crippen LogP contribution in [0.1, 0.15) is 5.69 Å². The molecule has 2 heterocycles. The third-order valence-electron chi connectivity index (χ3n) is 2.65. The lowest BCUT2D eigenvalue weighted by Crippen LogP contribution is -2.62. The first-order valence-electron chi connectivity index (χ1n) is 4.60. The van der Waals surface area contributed by atoms with Crippen LogP contribution in [0.5, 0.6) is 0 Å². The SMILES string of the molecule is COC(=O)C1(c2ccc(Cl)cn2)CNC1. The molecule has 0 saturated carbocycles. The standard InChI is InChI=1S/C10H11ClN2O2/c1-15-9(14)10(5-12-6-10)8-3-2-7(11)4-13-8/h2-4,12H,5-6H2,1H3. The fourth-order valence-corrected chi connectivity index (χ4v) is 1.77. The zero-order valence-corrected chi connectivity index (χ0v) is 9.04. The fraction of sp³-hybridized carbons (Fsp3) is 0.400. The lowest BCUT2D eigenvalue weighted by Gasteiger charge is -2.38. The first-order chi connectivity index (χ1) is 7.19. The molecule has 1 aromatic heterocycles. The summed E-state index contributed by atoms with van der Waals surface area (Å²) < 4.78 is 4.79. The van der Waals surface area contributed by atoms with Gasteiger partial charge in [0.1, 0.15) is 5.41 Å². The topological polar surface area (TPSA) is 51.2 Å². The Morgan fingerprint density at radius 2 is 2.33 bits per heavy atom. The summed E-state index contributed by atoms with van der Waals surface area (Å²) in [6.45, 7) is 1.13. The van der Waals surface area contributed by atoms with E-state index in [4.69, 9.17) is 16.3 Å². The van der Waals surface area contributed by atoms with E-state index < -0.39 is 5.41 Å². The van der Waals surface area contributed by atoms with Crippen LogP contribution in [0.3, 0.4) is 0 Å². The maximum atomic E-state index is 11.7. The van der Waals surface area contributed by atoms with E-state index in [-0.39, 0.29) is 5.97 Å². The van der Waals surface area contributed by atoms with E-state index in [1.165, 1.54) is 7.11 Å². The van der Waals surface area contributed by atoms with Crippen LogP contribution >= 0.6 is 11.6 Å². The van der Waals surface area contributed by atoms with Crippen molar-refractivity contribution in [3.8, 4) is 0 Å². The summed E-state index contributed by atoms with van der Waals surface area (Å²) in [6.07, 6.45) is 1.54. The molecule has 80 valence electrons. The average molecular weight is 227 g/mol. The molecule has 5 heteroatoms. The molecule has 0 atom stereocenters. The first kappa shape index (κ1) is 10.4. The van der Waals surface area contributed by atoms with Gasteiger partial charge in [-0.3, -0.25) is 9.78 Å². The Morgan fingerprint density at radius 1 is 1.60 bits per heavy atom. The maximum absolute atomic E-state index is 11.7. The molecule has 0 aliphatic carbocycles. The maximum Gasteiger partial charge on any atom is 0.320 e. The molecule has 0 spiro atoms. The number of esters is 1. The summed E-state index contributed by atoms with van der Waals surface area (Å²) in [5, 5.41) is 3.62. The third-order valence-corrected chi connectivity index (χ3v) is 2.87. The monoisotopic (exact) mass is 226 g/mol. The van der Waals surface area contributed by atoms with Crippen molar-refractivity contribution in [1.82, 2.24) is 10.3 Å². The molecule has 1 aliphatic rings. The highest BCUT2D eigenvalue weighted by atomic mass is 35.5. The van der Waals surface area contributed by atoms with Crippen LogP contribution < -0.4 is 5.32 Å². The molecular formula is C10H11ClN2O2. The summed E-state index contributed by atoms with van der Waals surface area (Å²) in [5.74, 6) is -0.254. The number of ether oxygens (including phenoxy) is 1.